The van der Waals surface area contributed by atoms with Crippen LogP contribution in [0.25, 0.3) is 0 Å². The Bertz CT molecular complexity index is 1490. The Balaban J connectivity index is 0.00000529. The van der Waals surface area contributed by atoms with Gasteiger partial charge in [0.05, 0.1) is 12.3 Å². The van der Waals surface area contributed by atoms with Gasteiger partial charge in [-0.2, -0.15) is 15.3 Å². The summed E-state index contributed by atoms with van der Waals surface area (Å²) in [4.78, 5) is 0. The average Bonchev–Trinajstić information content (AvgIpc) is 3.06. The Morgan fingerprint density at radius 3 is 1.61 bits per heavy atom. The van der Waals surface area contributed by atoms with Crippen LogP contribution in [0.15, 0.2) is 136 Å². The van der Waals surface area contributed by atoms with E-state index >= 15 is 0 Å². The van der Waals surface area contributed by atoms with Crippen LogP contribution in [0.4, 0.5) is 0 Å². The van der Waals surface area contributed by atoms with Crippen LogP contribution in [0, 0.1) is 0 Å². The van der Waals surface area contributed by atoms with Crippen LogP contribution in [-0.4, -0.2) is 41.7 Å². The molecule has 0 bridgehead atoms. The first kappa shape index (κ1) is 34.8. The molecule has 0 aromatic heterocycles. The molecule has 44 heavy (non-hydrogen) atoms. The number of nitrogens with one attached hydrogen (secondary N) is 2. The van der Waals surface area contributed by atoms with E-state index in [1.54, 1.807) is 7.05 Å². The Morgan fingerprint density at radius 2 is 1.16 bits per heavy atom. The van der Waals surface area contributed by atoms with Gasteiger partial charge in [-0.25, -0.2) is 0 Å². The molecule has 11 heteroatoms. The zero-order valence-electron chi connectivity index (χ0n) is 24.6. The van der Waals surface area contributed by atoms with Gasteiger partial charge in [-0.3, -0.25) is 0 Å². The summed E-state index contributed by atoms with van der Waals surface area (Å²) in [6.45, 7) is 4.34. The van der Waals surface area contributed by atoms with Crippen molar-refractivity contribution in [1.29, 1.82) is 0 Å². The maximum Gasteiger partial charge on any atom is 2.00 e. The molecule has 0 aliphatic rings. The molecule has 4 rings (SSSR count). The van der Waals surface area contributed by atoms with E-state index in [1.807, 2.05) is 56.3 Å². The van der Waals surface area contributed by atoms with Crippen molar-refractivity contribution in [2.24, 2.45) is 20.4 Å². The van der Waals surface area contributed by atoms with Gasteiger partial charge in [0.15, 0.2) is 0 Å². The number of amidine groups is 2. The van der Waals surface area contributed by atoms with E-state index in [2.05, 4.69) is 104 Å². The van der Waals surface area contributed by atoms with Crippen LogP contribution in [0.2, 0.25) is 0 Å². The summed E-state index contributed by atoms with van der Waals surface area (Å²) in [6, 6.07) is 39.3. The quantitative estimate of drug-likeness (QED) is 0.0595. The van der Waals surface area contributed by atoms with Gasteiger partial charge in [0, 0.05) is 17.8 Å². The van der Waals surface area contributed by atoms with Gasteiger partial charge in [-0.1, -0.05) is 54.6 Å². The van der Waals surface area contributed by atoms with Gasteiger partial charge >= 0.3 is 17.1 Å². The molecule has 0 aliphatic carbocycles. The molecule has 2 N–H and O–H groups in total. The van der Waals surface area contributed by atoms with Crippen LogP contribution in [0.1, 0.15) is 19.4 Å². The van der Waals surface area contributed by atoms with Gasteiger partial charge in [0.25, 0.3) is 0 Å². The normalized spacial score (nSPS) is 12.7. The second-order valence-corrected chi connectivity index (χ2v) is 13.6. The summed E-state index contributed by atoms with van der Waals surface area (Å²) >= 11 is 10.9. The summed E-state index contributed by atoms with van der Waals surface area (Å²) in [5.74, 6) is 0.764. The Labute approximate surface area is 282 Å². The predicted molar refractivity (Wildman–Crippen MR) is 189 cm³/mol. The van der Waals surface area contributed by atoms with Crippen LogP contribution in [0.5, 0.6) is 5.75 Å². The van der Waals surface area contributed by atoms with Crippen LogP contribution in [0.3, 0.4) is 0 Å². The zero-order chi connectivity index (χ0) is 30.5. The van der Waals surface area contributed by atoms with E-state index in [9.17, 15) is 0 Å². The van der Waals surface area contributed by atoms with E-state index < -0.39 is 7.26 Å². The molecule has 1 radical (unpaired) electrons. The number of rotatable bonds is 11. The van der Waals surface area contributed by atoms with Crippen molar-refractivity contribution in [3.8, 4) is 5.75 Å². The Morgan fingerprint density at radius 1 is 0.682 bits per heavy atom. The molecule has 0 amide bonds. The molecular formula is C33H34CuN6OPS2+. The molecule has 0 spiro atoms. The van der Waals surface area contributed by atoms with Crippen LogP contribution < -0.4 is 31.3 Å². The summed E-state index contributed by atoms with van der Waals surface area (Å²) in [6.07, 6.45) is 0.577. The minimum Gasteiger partial charge on any atom is -0.741 e. The molecular weight excluding hydrogens is 655 g/mol. The first-order valence-electron chi connectivity index (χ1n) is 13.8. The minimum absolute atomic E-state index is 0. The van der Waals surface area contributed by atoms with Crippen LogP contribution in [-0.2, 0) is 42.3 Å². The predicted octanol–water partition coefficient (Wildman–Crippen LogP) is 4.73. The molecule has 4 aromatic rings. The fraction of sp³-hybridized carbons (Fsp3) is 0.152. The first-order valence-corrected chi connectivity index (χ1v) is 16.6. The van der Waals surface area contributed by atoms with Crippen molar-refractivity contribution in [2.45, 2.75) is 13.8 Å². The molecule has 229 valence electrons. The number of hydrogen-bond acceptors (Lipinski definition) is 7. The maximum atomic E-state index is 5.69. The van der Waals surface area contributed by atoms with E-state index in [0.717, 1.165) is 11.3 Å². The fourth-order valence-corrected chi connectivity index (χ4v) is 8.65. The van der Waals surface area contributed by atoms with Gasteiger partial charge in [0.2, 0.25) is 0 Å². The average molecular weight is 689 g/mol. The molecule has 0 heterocycles. The molecule has 0 fully saturated rings. The van der Waals surface area contributed by atoms with Gasteiger partial charge < -0.3 is 40.6 Å². The molecule has 0 unspecified atom stereocenters. The number of nitrogens with zero attached hydrogens (tertiary/aromatic N) is 4. The van der Waals surface area contributed by atoms with Crippen molar-refractivity contribution in [2.75, 3.05) is 19.9 Å². The maximum absolute atomic E-state index is 5.69. The van der Waals surface area contributed by atoms with Gasteiger partial charge in [0.1, 0.15) is 40.9 Å². The Kier molecular flexibility index (Phi) is 13.9. The third kappa shape index (κ3) is 8.94. The van der Waals surface area contributed by atoms with E-state index in [-0.39, 0.29) is 27.4 Å². The number of benzene rings is 4. The molecule has 0 saturated heterocycles. The third-order valence-corrected chi connectivity index (χ3v) is 11.3. The monoisotopic (exact) mass is 688 g/mol. The number of ether oxygens (including phenoxy) is 1. The molecule has 4 aromatic carbocycles. The first-order chi connectivity index (χ1) is 21.0. The fourth-order valence-electron chi connectivity index (χ4n) is 4.52. The number of hydrogen-bond donors (Lipinski definition) is 2. The molecule has 7 nitrogen and oxygen atoms in total. The summed E-state index contributed by atoms with van der Waals surface area (Å²) < 4.78 is 5.58. The van der Waals surface area contributed by atoms with Crippen molar-refractivity contribution in [3.05, 3.63) is 121 Å². The smallest absolute Gasteiger partial charge is 0.741 e. The van der Waals surface area contributed by atoms with E-state index in [0.29, 0.717) is 24.3 Å². The molecule has 0 atom stereocenters. The SMILES string of the molecule is CCOc1ccc(C(=N\N=C(/[S-])NC)/C(C)=N/N=C(\[S-])NC[P+](c2ccccc2)(c2ccccc2)c2ccccc2)cc1.[Cu+2]. The Hall–Kier alpha value is -3.65. The van der Waals surface area contributed by atoms with Crippen molar-refractivity contribution in [1.82, 2.24) is 10.6 Å². The second kappa shape index (κ2) is 17.6. The largest absolute Gasteiger partial charge is 2.00 e. The van der Waals surface area contributed by atoms with Gasteiger partial charge in [-0.15, -0.1) is 5.10 Å². The minimum atomic E-state index is -2.14. The topological polar surface area (TPSA) is 82.7 Å². The summed E-state index contributed by atoms with van der Waals surface area (Å²) in [5.41, 5.74) is 1.85. The van der Waals surface area contributed by atoms with Crippen molar-refractivity contribution < 1.29 is 21.8 Å². The van der Waals surface area contributed by atoms with Crippen molar-refractivity contribution >= 4 is 70.2 Å². The third-order valence-electron chi connectivity index (χ3n) is 6.59. The van der Waals surface area contributed by atoms with Crippen molar-refractivity contribution in [3.63, 3.8) is 0 Å². The summed E-state index contributed by atoms with van der Waals surface area (Å²) in [5, 5.41) is 27.8. The van der Waals surface area contributed by atoms with Crippen LogP contribution >= 0.6 is 7.26 Å². The van der Waals surface area contributed by atoms with E-state index in [4.69, 9.17) is 30.0 Å². The van der Waals surface area contributed by atoms with E-state index in [1.165, 1.54) is 15.9 Å². The van der Waals surface area contributed by atoms with Gasteiger partial charge in [-0.05, 0) is 79.7 Å². The molecule has 0 saturated carbocycles. The zero-order valence-corrected chi connectivity index (χ0v) is 28.1. The summed E-state index contributed by atoms with van der Waals surface area (Å²) in [7, 11) is -0.441. The standard InChI is InChI=1S/C33H35N6OPS2.Cu/c1-4-40-27-22-20-26(21-23-27)31(37-38-32(42)34-3)25(2)36-39-33(43)35-24-41(28-14-8-5-9-15-28,29-16-10-6-11-17-29)30-18-12-7-13-19-30;/h5-23H,4,24H2,1-3H3,(H3-,34,35,36,37,38,39,42,43);/q;+2/p-1. The molecule has 0 aliphatic heterocycles. The second-order valence-electron chi connectivity index (χ2n) is 9.30.